The van der Waals surface area contributed by atoms with E-state index in [9.17, 15) is 9.90 Å². The molecule has 0 spiro atoms. The van der Waals surface area contributed by atoms with Crippen LogP contribution >= 0.6 is 0 Å². The molecule has 0 saturated carbocycles. The maximum absolute atomic E-state index is 12.2. The summed E-state index contributed by atoms with van der Waals surface area (Å²) < 4.78 is 23.4. The van der Waals surface area contributed by atoms with Gasteiger partial charge in [0.15, 0.2) is 0 Å². The number of aliphatic hydroxyl groups is 1. The van der Waals surface area contributed by atoms with E-state index < -0.39 is 25.9 Å². The van der Waals surface area contributed by atoms with E-state index in [1.807, 2.05) is 70.2 Å². The van der Waals surface area contributed by atoms with E-state index in [4.69, 9.17) is 18.6 Å². The van der Waals surface area contributed by atoms with Crippen LogP contribution in [0.15, 0.2) is 84.5 Å². The summed E-state index contributed by atoms with van der Waals surface area (Å²) in [4.78, 5) is 12.2. The van der Waals surface area contributed by atoms with Crippen molar-refractivity contribution in [2.24, 2.45) is 5.41 Å². The summed E-state index contributed by atoms with van der Waals surface area (Å²) in [5.74, 6) is -0.256. The smallest absolute Gasteiger partial charge is 0.311 e. The van der Waals surface area contributed by atoms with Crippen LogP contribution in [0.2, 0.25) is 5.04 Å². The largest absolute Gasteiger partial charge is 0.465 e. The first-order valence-electron chi connectivity index (χ1n) is 14.3. The number of benzene rings is 2. The molecule has 2 aromatic rings. The number of ether oxygens (including phenoxy) is 3. The molecule has 0 amide bonds. The molecule has 2 atom stereocenters. The normalized spacial score (nSPS) is 14.4. The molecule has 0 aromatic heterocycles. The Morgan fingerprint density at radius 2 is 1.51 bits per heavy atom. The van der Waals surface area contributed by atoms with Gasteiger partial charge in [0.1, 0.15) is 6.79 Å². The van der Waals surface area contributed by atoms with Gasteiger partial charge in [0.2, 0.25) is 0 Å². The Morgan fingerprint density at radius 3 is 1.98 bits per heavy atom. The fourth-order valence-corrected chi connectivity index (χ4v) is 9.40. The first-order valence-corrected chi connectivity index (χ1v) is 16.2. The minimum absolute atomic E-state index is 0.179. The minimum atomic E-state index is -2.96. The molecule has 0 fully saturated rings. The van der Waals surface area contributed by atoms with Crippen LogP contribution in [0, 0.1) is 5.41 Å². The number of carbonyl (C=O) groups is 1. The summed E-state index contributed by atoms with van der Waals surface area (Å²) in [5.41, 5.74) is 1.15. The first kappa shape index (κ1) is 34.6. The maximum Gasteiger partial charge on any atom is 0.311 e. The van der Waals surface area contributed by atoms with Gasteiger partial charge in [-0.3, -0.25) is 4.79 Å². The van der Waals surface area contributed by atoms with Gasteiger partial charge in [0.05, 0.1) is 30.8 Å². The van der Waals surface area contributed by atoms with Gasteiger partial charge in [-0.1, -0.05) is 99.7 Å². The molecule has 0 heterocycles. The van der Waals surface area contributed by atoms with Gasteiger partial charge >= 0.3 is 5.97 Å². The molecule has 41 heavy (non-hydrogen) atoms. The summed E-state index contributed by atoms with van der Waals surface area (Å²) in [5, 5.41) is 13.7. The lowest BCUT2D eigenvalue weighted by Crippen LogP contribution is -2.68. The van der Waals surface area contributed by atoms with Gasteiger partial charge in [-0.25, -0.2) is 0 Å². The van der Waals surface area contributed by atoms with E-state index >= 15 is 0 Å². The minimum Gasteiger partial charge on any atom is -0.465 e. The van der Waals surface area contributed by atoms with Gasteiger partial charge in [-0.05, 0) is 55.1 Å². The second-order valence-corrected chi connectivity index (χ2v) is 16.9. The Morgan fingerprint density at radius 1 is 0.976 bits per heavy atom. The van der Waals surface area contributed by atoms with Crippen molar-refractivity contribution < 1.29 is 28.5 Å². The van der Waals surface area contributed by atoms with Crippen LogP contribution < -0.4 is 10.4 Å². The molecule has 7 heteroatoms. The Kier molecular flexibility index (Phi) is 13.2. The first-order chi connectivity index (χ1) is 19.2. The van der Waals surface area contributed by atoms with Crippen molar-refractivity contribution in [1.82, 2.24) is 0 Å². The standard InChI is InChI=1S/C34H50O6Si/c1-26(20-21-39-32(36)33(3,4)5)22-30(35)31(23-27(2)24-38-25-37-9)40-41(34(6,7)8,28-16-12-10-13-17-28)29-18-14-11-15-19-29/h10-19,23,30-31,35H,1,20-22,24-25H2,2-9H3/b27-23+/t30-,31-/m1/s1. The second kappa shape index (κ2) is 15.6. The van der Waals surface area contributed by atoms with Gasteiger partial charge in [0, 0.05) is 13.5 Å². The van der Waals surface area contributed by atoms with E-state index in [2.05, 4.69) is 51.6 Å². The number of rotatable bonds is 15. The fraction of sp³-hybridized carbons (Fsp3) is 0.500. The van der Waals surface area contributed by atoms with Crippen LogP contribution in [0.4, 0.5) is 0 Å². The van der Waals surface area contributed by atoms with E-state index in [-0.39, 0.29) is 24.4 Å². The molecule has 0 aliphatic carbocycles. The summed E-state index contributed by atoms with van der Waals surface area (Å²) >= 11 is 0. The third kappa shape index (κ3) is 10.0. The molecule has 0 unspecified atom stereocenters. The van der Waals surface area contributed by atoms with Crippen molar-refractivity contribution >= 4 is 24.7 Å². The van der Waals surface area contributed by atoms with Crippen LogP contribution in [-0.4, -0.2) is 58.7 Å². The highest BCUT2D eigenvalue weighted by molar-refractivity contribution is 6.99. The lowest BCUT2D eigenvalue weighted by atomic mass is 9.97. The molecule has 2 aromatic carbocycles. The average Bonchev–Trinajstić information content (AvgIpc) is 2.90. The van der Waals surface area contributed by atoms with Gasteiger partial charge in [-0.2, -0.15) is 0 Å². The molecule has 0 bridgehead atoms. The monoisotopic (exact) mass is 582 g/mol. The Balaban J connectivity index is 2.46. The molecule has 0 saturated heterocycles. The van der Waals surface area contributed by atoms with Crippen LogP contribution in [0.25, 0.3) is 0 Å². The third-order valence-corrected chi connectivity index (χ3v) is 11.9. The van der Waals surface area contributed by atoms with Gasteiger partial charge in [-0.15, -0.1) is 0 Å². The van der Waals surface area contributed by atoms with E-state index in [0.29, 0.717) is 19.4 Å². The van der Waals surface area contributed by atoms with Crippen LogP contribution in [0.3, 0.4) is 0 Å². The van der Waals surface area contributed by atoms with Gasteiger partial charge in [0.25, 0.3) is 8.32 Å². The van der Waals surface area contributed by atoms with Crippen molar-refractivity contribution in [2.45, 2.75) is 78.6 Å². The number of hydrogen-bond donors (Lipinski definition) is 1. The zero-order valence-corrected chi connectivity index (χ0v) is 27.2. The van der Waals surface area contributed by atoms with E-state index in [0.717, 1.165) is 21.5 Å². The molecule has 0 aliphatic heterocycles. The zero-order chi connectivity index (χ0) is 30.7. The lowest BCUT2D eigenvalue weighted by molar-refractivity contribution is -0.152. The SMILES string of the molecule is C=C(CCOC(=O)C(C)(C)C)C[C@@H](O)[C@@H](/C=C(\C)COCOC)O[Si](c1ccccc1)(c1ccccc1)C(C)(C)C. The predicted octanol–water partition coefficient (Wildman–Crippen LogP) is 5.79. The summed E-state index contributed by atoms with van der Waals surface area (Å²) in [6.07, 6.45) is 1.22. The van der Waals surface area contributed by atoms with Crippen molar-refractivity contribution in [3.05, 3.63) is 84.5 Å². The number of carbonyl (C=O) groups excluding carboxylic acids is 1. The zero-order valence-electron chi connectivity index (χ0n) is 26.2. The lowest BCUT2D eigenvalue weighted by Gasteiger charge is -2.45. The number of hydrogen-bond acceptors (Lipinski definition) is 6. The van der Waals surface area contributed by atoms with E-state index in [1.54, 1.807) is 7.11 Å². The summed E-state index contributed by atoms with van der Waals surface area (Å²) in [7, 11) is -1.38. The number of esters is 1. The number of aliphatic hydroxyl groups excluding tert-OH is 1. The molecular weight excluding hydrogens is 532 g/mol. The third-order valence-electron chi connectivity index (χ3n) is 6.89. The topological polar surface area (TPSA) is 74.2 Å². The highest BCUT2D eigenvalue weighted by Gasteiger charge is 2.52. The summed E-state index contributed by atoms with van der Waals surface area (Å²) in [6, 6.07) is 20.7. The van der Waals surface area contributed by atoms with Crippen molar-refractivity contribution in [3.8, 4) is 0 Å². The fourth-order valence-electron chi connectivity index (χ4n) is 4.75. The highest BCUT2D eigenvalue weighted by atomic mass is 28.4. The Labute approximate surface area is 248 Å². The maximum atomic E-state index is 12.2. The van der Waals surface area contributed by atoms with Gasteiger partial charge < -0.3 is 23.7 Å². The highest BCUT2D eigenvalue weighted by Crippen LogP contribution is 2.38. The molecule has 2 rings (SSSR count). The van der Waals surface area contributed by atoms with Crippen LogP contribution in [0.1, 0.15) is 61.3 Å². The molecule has 6 nitrogen and oxygen atoms in total. The van der Waals surface area contributed by atoms with Crippen LogP contribution in [0.5, 0.6) is 0 Å². The van der Waals surface area contributed by atoms with Crippen molar-refractivity contribution in [3.63, 3.8) is 0 Å². The van der Waals surface area contributed by atoms with Crippen molar-refractivity contribution in [2.75, 3.05) is 27.1 Å². The molecule has 1 N–H and O–H groups in total. The second-order valence-electron chi connectivity index (χ2n) is 12.7. The Bertz CT molecular complexity index is 1080. The number of methoxy groups -OCH3 is 1. The summed E-state index contributed by atoms with van der Waals surface area (Å²) in [6.45, 7) is 19.0. The molecular formula is C34H50O6Si. The Hall–Kier alpha value is -2.55. The molecule has 226 valence electrons. The van der Waals surface area contributed by atoms with E-state index in [1.165, 1.54) is 0 Å². The van der Waals surface area contributed by atoms with Crippen LogP contribution in [-0.2, 0) is 23.4 Å². The quantitative estimate of drug-likeness (QED) is 0.0943. The average molecular weight is 583 g/mol. The van der Waals surface area contributed by atoms with Crippen molar-refractivity contribution in [1.29, 1.82) is 0 Å². The molecule has 0 radical (unpaired) electrons. The predicted molar refractivity (Wildman–Crippen MR) is 169 cm³/mol. The molecule has 0 aliphatic rings.